The van der Waals surface area contributed by atoms with Gasteiger partial charge in [0.1, 0.15) is 0 Å². The van der Waals surface area contributed by atoms with Crippen molar-refractivity contribution in [1.29, 1.82) is 0 Å². The SMILES string of the molecule is COc1ccc(N2CCC(C(=O)Nc3cccc4ccccc34)CC2)nn1. The van der Waals surface area contributed by atoms with Crippen LogP contribution in [0.15, 0.2) is 54.6 Å². The predicted molar refractivity (Wildman–Crippen MR) is 106 cm³/mol. The summed E-state index contributed by atoms with van der Waals surface area (Å²) in [5, 5.41) is 13.5. The van der Waals surface area contributed by atoms with Crippen LogP contribution in [-0.2, 0) is 4.79 Å². The fourth-order valence-electron chi connectivity index (χ4n) is 3.53. The van der Waals surface area contributed by atoms with Gasteiger partial charge in [0.05, 0.1) is 7.11 Å². The van der Waals surface area contributed by atoms with E-state index in [1.54, 1.807) is 7.11 Å². The van der Waals surface area contributed by atoms with Gasteiger partial charge in [-0.25, -0.2) is 0 Å². The number of carbonyl (C=O) groups excluding carboxylic acids is 1. The number of rotatable bonds is 4. The lowest BCUT2D eigenvalue weighted by molar-refractivity contribution is -0.120. The average molecular weight is 362 g/mol. The fourth-order valence-corrected chi connectivity index (χ4v) is 3.53. The summed E-state index contributed by atoms with van der Waals surface area (Å²) in [5.74, 6) is 1.42. The third-order valence-electron chi connectivity index (χ3n) is 5.07. The standard InChI is InChI=1S/C21H22N4O2/c1-27-20-10-9-19(23-24-20)25-13-11-16(12-14-25)21(26)22-18-8-4-6-15-5-2-3-7-17(15)18/h2-10,16H,11-14H2,1H3,(H,22,26). The van der Waals surface area contributed by atoms with Gasteiger partial charge in [-0.2, -0.15) is 0 Å². The van der Waals surface area contributed by atoms with E-state index in [1.165, 1.54) is 0 Å². The van der Waals surface area contributed by atoms with Crippen LogP contribution >= 0.6 is 0 Å². The van der Waals surface area contributed by atoms with Gasteiger partial charge in [-0.3, -0.25) is 4.79 Å². The molecule has 138 valence electrons. The molecule has 6 heteroatoms. The summed E-state index contributed by atoms with van der Waals surface area (Å²) in [6, 6.07) is 17.8. The number of fused-ring (bicyclic) bond motifs is 1. The number of hydrogen-bond acceptors (Lipinski definition) is 5. The average Bonchev–Trinajstić information content (AvgIpc) is 2.74. The first-order valence-corrected chi connectivity index (χ1v) is 9.16. The van der Waals surface area contributed by atoms with E-state index in [0.717, 1.165) is 48.2 Å². The Balaban J connectivity index is 1.39. The van der Waals surface area contributed by atoms with Crippen molar-refractivity contribution in [3.05, 3.63) is 54.6 Å². The van der Waals surface area contributed by atoms with E-state index in [0.29, 0.717) is 5.88 Å². The molecule has 27 heavy (non-hydrogen) atoms. The molecule has 1 fully saturated rings. The van der Waals surface area contributed by atoms with E-state index in [9.17, 15) is 4.79 Å². The number of methoxy groups -OCH3 is 1. The van der Waals surface area contributed by atoms with E-state index in [4.69, 9.17) is 4.74 Å². The summed E-state index contributed by atoms with van der Waals surface area (Å²) in [4.78, 5) is 14.9. The van der Waals surface area contributed by atoms with Crippen LogP contribution in [0, 0.1) is 5.92 Å². The summed E-state index contributed by atoms with van der Waals surface area (Å²) in [7, 11) is 1.57. The van der Waals surface area contributed by atoms with E-state index in [-0.39, 0.29) is 11.8 Å². The van der Waals surface area contributed by atoms with Gasteiger partial charge in [0, 0.05) is 36.1 Å². The van der Waals surface area contributed by atoms with Crippen LogP contribution in [-0.4, -0.2) is 36.3 Å². The first-order valence-electron chi connectivity index (χ1n) is 9.16. The lowest BCUT2D eigenvalue weighted by atomic mass is 9.95. The molecule has 0 atom stereocenters. The molecule has 1 aromatic heterocycles. The van der Waals surface area contributed by atoms with Crippen LogP contribution in [0.2, 0.25) is 0 Å². The number of benzene rings is 2. The van der Waals surface area contributed by atoms with Crippen molar-refractivity contribution in [3.63, 3.8) is 0 Å². The number of hydrogen-bond donors (Lipinski definition) is 1. The summed E-state index contributed by atoms with van der Waals surface area (Å²) < 4.78 is 5.05. The Hall–Kier alpha value is -3.15. The van der Waals surface area contributed by atoms with E-state index in [1.807, 2.05) is 42.5 Å². The molecule has 3 aromatic rings. The number of amides is 1. The molecule has 6 nitrogen and oxygen atoms in total. The fraction of sp³-hybridized carbons (Fsp3) is 0.286. The topological polar surface area (TPSA) is 67.3 Å². The molecule has 4 rings (SSSR count). The molecule has 0 spiro atoms. The van der Waals surface area contributed by atoms with Crippen LogP contribution in [0.1, 0.15) is 12.8 Å². The number of nitrogens with one attached hydrogen (secondary N) is 1. The number of nitrogens with zero attached hydrogens (tertiary/aromatic N) is 3. The molecule has 0 bridgehead atoms. The van der Waals surface area contributed by atoms with Crippen molar-refractivity contribution in [2.45, 2.75) is 12.8 Å². The van der Waals surface area contributed by atoms with Gasteiger partial charge in [-0.15, -0.1) is 10.2 Å². The Kier molecular flexibility index (Phi) is 4.87. The second-order valence-corrected chi connectivity index (χ2v) is 6.71. The van der Waals surface area contributed by atoms with Crippen LogP contribution in [0.3, 0.4) is 0 Å². The van der Waals surface area contributed by atoms with Gasteiger partial charge in [-0.1, -0.05) is 36.4 Å². The highest BCUT2D eigenvalue weighted by Crippen LogP contribution is 2.26. The second kappa shape index (κ2) is 7.61. The number of piperidine rings is 1. The first kappa shape index (κ1) is 17.3. The zero-order valence-corrected chi connectivity index (χ0v) is 15.3. The summed E-state index contributed by atoms with van der Waals surface area (Å²) in [6.45, 7) is 1.57. The van der Waals surface area contributed by atoms with Gasteiger partial charge in [-0.05, 0) is 30.4 Å². The number of aromatic nitrogens is 2. The van der Waals surface area contributed by atoms with Crippen LogP contribution < -0.4 is 15.0 Å². The maximum Gasteiger partial charge on any atom is 0.233 e. The molecule has 0 saturated carbocycles. The molecule has 1 saturated heterocycles. The van der Waals surface area contributed by atoms with E-state index >= 15 is 0 Å². The highest BCUT2D eigenvalue weighted by molar-refractivity contribution is 6.02. The maximum atomic E-state index is 12.8. The minimum Gasteiger partial charge on any atom is -0.480 e. The lowest BCUT2D eigenvalue weighted by Gasteiger charge is -2.31. The van der Waals surface area contributed by atoms with Crippen LogP contribution in [0.25, 0.3) is 10.8 Å². The molecule has 0 aliphatic carbocycles. The molecule has 0 radical (unpaired) electrons. The van der Waals surface area contributed by atoms with Crippen LogP contribution in [0.4, 0.5) is 11.5 Å². The van der Waals surface area contributed by atoms with Crippen molar-refractivity contribution in [3.8, 4) is 5.88 Å². The Morgan fingerprint density at radius 2 is 1.81 bits per heavy atom. The lowest BCUT2D eigenvalue weighted by Crippen LogP contribution is -2.38. The van der Waals surface area contributed by atoms with Gasteiger partial charge in [0.25, 0.3) is 0 Å². The van der Waals surface area contributed by atoms with Gasteiger partial charge in [0.2, 0.25) is 11.8 Å². The van der Waals surface area contributed by atoms with Crippen molar-refractivity contribution in [2.24, 2.45) is 5.92 Å². The second-order valence-electron chi connectivity index (χ2n) is 6.71. The summed E-state index contributed by atoms with van der Waals surface area (Å²) in [5.41, 5.74) is 0.876. The molecular formula is C21H22N4O2. The molecule has 1 amide bonds. The highest BCUT2D eigenvalue weighted by atomic mass is 16.5. The van der Waals surface area contributed by atoms with Crippen molar-refractivity contribution < 1.29 is 9.53 Å². The Labute approximate surface area is 158 Å². The largest absolute Gasteiger partial charge is 0.480 e. The molecule has 2 aromatic carbocycles. The molecule has 0 unspecified atom stereocenters. The van der Waals surface area contributed by atoms with E-state index < -0.39 is 0 Å². The quantitative estimate of drug-likeness (QED) is 0.769. The molecular weight excluding hydrogens is 340 g/mol. The highest BCUT2D eigenvalue weighted by Gasteiger charge is 2.26. The normalized spacial score (nSPS) is 14.9. The number of carbonyl (C=O) groups is 1. The van der Waals surface area contributed by atoms with Gasteiger partial charge in [0.15, 0.2) is 5.82 Å². The Morgan fingerprint density at radius 1 is 1.04 bits per heavy atom. The minimum absolute atomic E-state index is 0.00595. The number of anilines is 2. The molecule has 1 aliphatic rings. The van der Waals surface area contributed by atoms with Crippen molar-refractivity contribution in [1.82, 2.24) is 10.2 Å². The minimum atomic E-state index is 0.00595. The van der Waals surface area contributed by atoms with Crippen molar-refractivity contribution in [2.75, 3.05) is 30.4 Å². The zero-order chi connectivity index (χ0) is 18.6. The summed E-state index contributed by atoms with van der Waals surface area (Å²) in [6.07, 6.45) is 1.59. The van der Waals surface area contributed by atoms with Gasteiger partial charge < -0.3 is 15.0 Å². The van der Waals surface area contributed by atoms with E-state index in [2.05, 4.69) is 32.5 Å². The summed E-state index contributed by atoms with van der Waals surface area (Å²) >= 11 is 0. The molecule has 1 N–H and O–H groups in total. The number of ether oxygens (including phenoxy) is 1. The maximum absolute atomic E-state index is 12.8. The van der Waals surface area contributed by atoms with Crippen LogP contribution in [0.5, 0.6) is 5.88 Å². The third kappa shape index (κ3) is 3.69. The molecule has 1 aliphatic heterocycles. The monoisotopic (exact) mass is 362 g/mol. The Bertz CT molecular complexity index is 929. The zero-order valence-electron chi connectivity index (χ0n) is 15.3. The smallest absolute Gasteiger partial charge is 0.233 e. The molecule has 2 heterocycles. The Morgan fingerprint density at radius 3 is 2.56 bits per heavy atom. The first-order chi connectivity index (χ1) is 13.2. The van der Waals surface area contributed by atoms with Crippen molar-refractivity contribution >= 4 is 28.2 Å². The third-order valence-corrected chi connectivity index (χ3v) is 5.07. The predicted octanol–water partition coefficient (Wildman–Crippen LogP) is 3.49. The van der Waals surface area contributed by atoms with Gasteiger partial charge >= 0.3 is 0 Å².